The molecule has 78 heavy (non-hydrogen) atoms. The molecule has 0 N–H and O–H groups in total. The van der Waals surface area contributed by atoms with E-state index in [-0.39, 0.29) is 54.9 Å². The van der Waals surface area contributed by atoms with E-state index in [1.807, 2.05) is 133 Å². The van der Waals surface area contributed by atoms with Crippen molar-refractivity contribution in [3.8, 4) is 79.3 Å². The number of benzene rings is 8. The van der Waals surface area contributed by atoms with Crippen molar-refractivity contribution in [1.29, 1.82) is 0 Å². The van der Waals surface area contributed by atoms with Crippen LogP contribution in [0.4, 0.5) is 30.7 Å². The molecule has 0 aliphatic rings. The molecular formula is C62H38F7IrN8-3. The second kappa shape index (κ2) is 24.1. The van der Waals surface area contributed by atoms with E-state index in [0.717, 1.165) is 45.0 Å². The zero-order chi connectivity index (χ0) is 53.3. The van der Waals surface area contributed by atoms with E-state index < -0.39 is 12.0 Å². The molecule has 16 heteroatoms. The van der Waals surface area contributed by atoms with Crippen LogP contribution in [0, 0.1) is 48.1 Å². The summed E-state index contributed by atoms with van der Waals surface area (Å²) in [5, 5.41) is 6.25. The summed E-state index contributed by atoms with van der Waals surface area (Å²) in [7, 11) is 0. The summed E-state index contributed by atoms with van der Waals surface area (Å²) < 4.78 is 99.9. The number of alkyl halides is 3. The van der Waals surface area contributed by atoms with Gasteiger partial charge in [-0.3, -0.25) is 19.2 Å². The second-order valence-electron chi connectivity index (χ2n) is 16.8. The van der Waals surface area contributed by atoms with E-state index in [0.29, 0.717) is 22.7 Å². The van der Waals surface area contributed by atoms with Gasteiger partial charge < -0.3 is 19.2 Å². The summed E-state index contributed by atoms with van der Waals surface area (Å²) in [5.41, 5.74) is 9.45. The van der Waals surface area contributed by atoms with Gasteiger partial charge in [0.15, 0.2) is 0 Å². The van der Waals surface area contributed by atoms with Gasteiger partial charge in [0.2, 0.25) is 0 Å². The molecule has 1 radical (unpaired) electrons. The van der Waals surface area contributed by atoms with Crippen LogP contribution in [0.3, 0.4) is 0 Å². The average molecular weight is 1220 g/mol. The average Bonchev–Trinajstić information content (AvgIpc) is 4.29. The van der Waals surface area contributed by atoms with Gasteiger partial charge in [-0.25, -0.2) is 17.6 Å². The Morgan fingerprint density at radius 2 is 0.859 bits per heavy atom. The van der Waals surface area contributed by atoms with Crippen molar-refractivity contribution in [2.75, 3.05) is 0 Å². The molecule has 0 aliphatic carbocycles. The number of hydrogen-bond donors (Lipinski definition) is 0. The molecule has 0 fully saturated rings. The van der Waals surface area contributed by atoms with E-state index in [1.54, 1.807) is 54.7 Å². The predicted octanol–water partition coefficient (Wildman–Crippen LogP) is 13.4. The van der Waals surface area contributed by atoms with E-state index in [1.165, 1.54) is 60.8 Å². The van der Waals surface area contributed by atoms with Crippen LogP contribution in [0.2, 0.25) is 0 Å². The van der Waals surface area contributed by atoms with Gasteiger partial charge in [-0.1, -0.05) is 140 Å². The Kier molecular flexibility index (Phi) is 16.5. The van der Waals surface area contributed by atoms with Crippen LogP contribution >= 0.6 is 0 Å². The molecule has 387 valence electrons. The Morgan fingerprint density at radius 1 is 0.449 bits per heavy atom. The molecule has 12 aromatic rings. The molecule has 0 aliphatic heterocycles. The second-order valence-corrected chi connectivity index (χ2v) is 16.8. The standard InChI is InChI=1S/2C27H17F2N2.C8H4F3N4.Ir/c2*28-22-13-7-15-24(17-22)30-19-31(25-16-8-14-23(29)18-25)27(21-11-5-2-6-12-21)26(30)20-9-3-1-4-10-20;9-8(10,11)7-13-6(14-15-7)5-3-1-2-4-12-5;/h2*1-15,17-18H;1-4H;/q3*-1;. The van der Waals surface area contributed by atoms with Crippen molar-refractivity contribution in [3.05, 3.63) is 285 Å². The predicted molar refractivity (Wildman–Crippen MR) is 275 cm³/mol. The molecule has 12 rings (SSSR count). The molecule has 0 atom stereocenters. The molecule has 0 spiro atoms. The molecule has 0 bridgehead atoms. The van der Waals surface area contributed by atoms with E-state index in [4.69, 9.17) is 0 Å². The maximum absolute atomic E-state index is 14.1. The molecule has 0 saturated carbocycles. The third kappa shape index (κ3) is 12.2. The van der Waals surface area contributed by atoms with Crippen molar-refractivity contribution in [1.82, 2.24) is 29.3 Å². The summed E-state index contributed by atoms with van der Waals surface area (Å²) in [5.74, 6) is -2.79. The van der Waals surface area contributed by atoms with E-state index in [2.05, 4.69) is 45.0 Å². The van der Waals surface area contributed by atoms with Gasteiger partial charge in [-0.15, -0.1) is 24.3 Å². The van der Waals surface area contributed by atoms with Crippen LogP contribution in [-0.4, -0.2) is 24.2 Å². The van der Waals surface area contributed by atoms with Gasteiger partial charge in [0.25, 0.3) is 12.7 Å². The molecule has 4 heterocycles. The minimum absolute atomic E-state index is 0. The first kappa shape index (κ1) is 53.5. The fraction of sp³-hybridized carbons (Fsp3) is 0.0161. The first-order valence-electron chi connectivity index (χ1n) is 23.6. The maximum atomic E-state index is 14.1. The monoisotopic (exact) mass is 1220 g/mol. The Morgan fingerprint density at radius 3 is 1.23 bits per heavy atom. The minimum atomic E-state index is -4.57. The third-order valence-electron chi connectivity index (χ3n) is 11.6. The Balaban J connectivity index is 0.000000150. The normalized spacial score (nSPS) is 10.9. The Labute approximate surface area is 457 Å². The van der Waals surface area contributed by atoms with Crippen LogP contribution in [0.5, 0.6) is 0 Å². The first-order valence-corrected chi connectivity index (χ1v) is 23.6. The molecule has 0 unspecified atom stereocenters. The summed E-state index contributed by atoms with van der Waals surface area (Å²) >= 11 is 0. The number of halogens is 7. The maximum Gasteiger partial charge on any atom is 0.429 e. The number of rotatable bonds is 9. The Hall–Kier alpha value is -9.37. The van der Waals surface area contributed by atoms with Crippen molar-refractivity contribution < 1.29 is 60.0 Å². The van der Waals surface area contributed by atoms with Gasteiger partial charge in [0.1, 0.15) is 17.5 Å². The molecule has 8 nitrogen and oxygen atoms in total. The number of nitrogens with zero attached hydrogens (tertiary/aromatic N) is 8. The van der Waals surface area contributed by atoms with E-state index >= 15 is 0 Å². The smallest absolute Gasteiger partial charge is 0.413 e. The molecule has 8 aromatic carbocycles. The number of imidazole rings is 2. The van der Waals surface area contributed by atoms with Gasteiger partial charge in [0.05, 0.1) is 39.8 Å². The number of aromatic nitrogens is 8. The van der Waals surface area contributed by atoms with Gasteiger partial charge in [0, 0.05) is 37.9 Å². The van der Waals surface area contributed by atoms with Gasteiger partial charge >= 0.3 is 6.18 Å². The fourth-order valence-electron chi connectivity index (χ4n) is 8.30. The van der Waals surface area contributed by atoms with Crippen LogP contribution in [-0.2, 0) is 26.3 Å². The molecular weight excluding hydrogens is 1180 g/mol. The quantitative estimate of drug-likeness (QED) is 0.0820. The summed E-state index contributed by atoms with van der Waals surface area (Å²) in [4.78, 5) is 7.05. The minimum Gasteiger partial charge on any atom is -0.413 e. The SMILES string of the molecule is FC(F)(F)c1n[n-]c(-c2ccccn2)n1.Fc1cc[c-]c(-n2[c-][n+](-c3cccc(F)c3)c(-c3ccccc3)c2-c2ccccc2)c1.Fc1cc[c-]c(-n2[c-][n+](-c3cccc(F)c3)c(-c3ccccc3)c2-c2ccccc2)c1.[Ir]. The zero-order valence-corrected chi connectivity index (χ0v) is 42.9. The number of hydrogen-bond acceptors (Lipinski definition) is 3. The first-order chi connectivity index (χ1) is 37.5. The van der Waals surface area contributed by atoms with Crippen LogP contribution < -0.4 is 14.2 Å². The van der Waals surface area contributed by atoms with Crippen molar-refractivity contribution in [3.63, 3.8) is 0 Å². The summed E-state index contributed by atoms with van der Waals surface area (Å²) in [6.07, 6.45) is 3.48. The molecule has 4 aromatic heterocycles. The largest absolute Gasteiger partial charge is 0.429 e. The topological polar surface area (TPSA) is 70.4 Å². The van der Waals surface area contributed by atoms with Crippen LogP contribution in [0.25, 0.3) is 79.3 Å². The van der Waals surface area contributed by atoms with Crippen LogP contribution in [0.15, 0.2) is 231 Å². The number of pyridine rings is 1. The summed E-state index contributed by atoms with van der Waals surface area (Å²) in [6, 6.07) is 71.6. The zero-order valence-electron chi connectivity index (χ0n) is 40.5. The van der Waals surface area contributed by atoms with Crippen molar-refractivity contribution >= 4 is 0 Å². The third-order valence-corrected chi connectivity index (χ3v) is 11.6. The van der Waals surface area contributed by atoms with Crippen molar-refractivity contribution in [2.24, 2.45) is 0 Å². The summed E-state index contributed by atoms with van der Waals surface area (Å²) in [6.45, 7) is 0. The van der Waals surface area contributed by atoms with Gasteiger partial charge in [-0.2, -0.15) is 37.4 Å². The molecule has 0 amide bonds. The molecule has 0 saturated heterocycles. The fourth-order valence-corrected chi connectivity index (χ4v) is 8.30. The van der Waals surface area contributed by atoms with Crippen LogP contribution in [0.1, 0.15) is 5.82 Å². The van der Waals surface area contributed by atoms with E-state index in [9.17, 15) is 30.7 Å². The Bertz CT molecular complexity index is 3490. The van der Waals surface area contributed by atoms with Crippen molar-refractivity contribution in [2.45, 2.75) is 6.18 Å². The van der Waals surface area contributed by atoms with Gasteiger partial charge in [-0.05, 0) is 88.0 Å².